The minimum atomic E-state index is 0.132. The van der Waals surface area contributed by atoms with Crippen molar-refractivity contribution < 1.29 is 0 Å². The van der Waals surface area contributed by atoms with Gasteiger partial charge in [0.1, 0.15) is 0 Å². The van der Waals surface area contributed by atoms with Gasteiger partial charge in [-0.3, -0.25) is 0 Å². The quantitative estimate of drug-likeness (QED) is 0.735. The van der Waals surface area contributed by atoms with Gasteiger partial charge in [-0.1, -0.05) is 65.0 Å². The van der Waals surface area contributed by atoms with Crippen LogP contribution in [0.15, 0.2) is 36.4 Å². The smallest absolute Gasteiger partial charge is 0.0423 e. The Morgan fingerprint density at radius 3 is 2.32 bits per heavy atom. The molecule has 0 radical (unpaired) electrons. The maximum Gasteiger partial charge on any atom is 0.0423 e. The Labute approximate surface area is 118 Å². The van der Waals surface area contributed by atoms with Crippen molar-refractivity contribution in [3.05, 3.63) is 42.0 Å². The molecule has 0 aromatic heterocycles. The lowest BCUT2D eigenvalue weighted by molar-refractivity contribution is 0.210. The number of fused-ring (bicyclic) bond motifs is 1. The van der Waals surface area contributed by atoms with Crippen LogP contribution in [0.25, 0.3) is 0 Å². The van der Waals surface area contributed by atoms with E-state index in [9.17, 15) is 0 Å². The molecule has 1 heteroatoms. The van der Waals surface area contributed by atoms with E-state index in [0.717, 1.165) is 0 Å². The molecule has 104 valence electrons. The van der Waals surface area contributed by atoms with Crippen molar-refractivity contribution in [1.82, 2.24) is 0 Å². The van der Waals surface area contributed by atoms with Crippen LogP contribution in [0.2, 0.25) is 0 Å². The van der Waals surface area contributed by atoms with E-state index < -0.39 is 0 Å². The van der Waals surface area contributed by atoms with Crippen molar-refractivity contribution in [2.45, 2.75) is 53.0 Å². The third kappa shape index (κ3) is 2.31. The molecule has 0 saturated heterocycles. The molecule has 0 amide bonds. The molecular formula is C18H27N. The second kappa shape index (κ2) is 4.40. The largest absolute Gasteiger partial charge is 0.381 e. The van der Waals surface area contributed by atoms with Crippen LogP contribution in [0.3, 0.4) is 0 Å². The normalized spacial score (nSPS) is 22.5. The molecule has 1 aliphatic heterocycles. The summed E-state index contributed by atoms with van der Waals surface area (Å²) in [4.78, 5) is 0. The zero-order valence-electron chi connectivity index (χ0n) is 13.2. The number of benzene rings is 1. The Balaban J connectivity index is 2.46. The van der Waals surface area contributed by atoms with E-state index in [2.05, 4.69) is 77.7 Å². The average Bonchev–Trinajstić information content (AvgIpc) is 2.50. The predicted octanol–water partition coefficient (Wildman–Crippen LogP) is 5.00. The fourth-order valence-corrected chi connectivity index (χ4v) is 3.71. The number of para-hydroxylation sites is 1. The molecule has 1 aromatic carbocycles. The first-order valence-corrected chi connectivity index (χ1v) is 7.17. The highest BCUT2D eigenvalue weighted by Gasteiger charge is 2.46. The highest BCUT2D eigenvalue weighted by Crippen LogP contribution is 2.48. The first kappa shape index (κ1) is 14.2. The van der Waals surface area contributed by atoms with Crippen molar-refractivity contribution >= 4 is 5.69 Å². The summed E-state index contributed by atoms with van der Waals surface area (Å²) < 4.78 is 0. The molecule has 0 spiro atoms. The molecule has 1 nitrogen and oxygen atoms in total. The van der Waals surface area contributed by atoms with Gasteiger partial charge in [-0.25, -0.2) is 0 Å². The van der Waals surface area contributed by atoms with Crippen LogP contribution in [-0.4, -0.2) is 6.04 Å². The molecule has 2 atom stereocenters. The molecule has 0 bridgehead atoms. The maximum atomic E-state index is 4.25. The van der Waals surface area contributed by atoms with Gasteiger partial charge in [0, 0.05) is 23.1 Å². The first-order chi connectivity index (χ1) is 8.65. The van der Waals surface area contributed by atoms with Crippen LogP contribution in [0, 0.1) is 11.3 Å². The Hall–Kier alpha value is -1.24. The monoisotopic (exact) mass is 257 g/mol. The van der Waals surface area contributed by atoms with E-state index in [-0.39, 0.29) is 10.8 Å². The molecule has 0 saturated carbocycles. The fourth-order valence-electron chi connectivity index (χ4n) is 3.71. The summed E-state index contributed by atoms with van der Waals surface area (Å²) >= 11 is 0. The molecule has 1 N–H and O–H groups in total. The summed E-state index contributed by atoms with van der Waals surface area (Å²) in [5.41, 5.74) is 4.32. The van der Waals surface area contributed by atoms with Crippen molar-refractivity contribution in [3.8, 4) is 0 Å². The lowest BCUT2D eigenvalue weighted by Gasteiger charge is -2.42. The Morgan fingerprint density at radius 2 is 1.84 bits per heavy atom. The van der Waals surface area contributed by atoms with Gasteiger partial charge < -0.3 is 5.32 Å². The summed E-state index contributed by atoms with van der Waals surface area (Å²) in [6.07, 6.45) is 0. The zero-order valence-corrected chi connectivity index (χ0v) is 13.2. The van der Waals surface area contributed by atoms with E-state index in [4.69, 9.17) is 0 Å². The van der Waals surface area contributed by atoms with Crippen LogP contribution in [0.5, 0.6) is 0 Å². The summed E-state index contributed by atoms with van der Waals surface area (Å²) in [6.45, 7) is 18.0. The summed E-state index contributed by atoms with van der Waals surface area (Å²) in [5.74, 6) is 0.454. The van der Waals surface area contributed by atoms with Gasteiger partial charge >= 0.3 is 0 Å². The molecule has 0 aliphatic carbocycles. The second-order valence-corrected chi connectivity index (χ2v) is 7.58. The lowest BCUT2D eigenvalue weighted by Crippen LogP contribution is -2.45. The molecule has 19 heavy (non-hydrogen) atoms. The Kier molecular flexibility index (Phi) is 3.28. The van der Waals surface area contributed by atoms with Crippen LogP contribution >= 0.6 is 0 Å². The van der Waals surface area contributed by atoms with E-state index in [0.29, 0.717) is 12.0 Å². The number of hydrogen-bond donors (Lipinski definition) is 1. The van der Waals surface area contributed by atoms with E-state index in [1.165, 1.54) is 16.8 Å². The topological polar surface area (TPSA) is 12.0 Å². The molecular weight excluding hydrogens is 230 g/mol. The number of rotatable bonds is 2. The Morgan fingerprint density at radius 1 is 1.26 bits per heavy atom. The van der Waals surface area contributed by atoms with Gasteiger partial charge in [0.2, 0.25) is 0 Å². The van der Waals surface area contributed by atoms with Crippen LogP contribution < -0.4 is 5.32 Å². The minimum absolute atomic E-state index is 0.132. The van der Waals surface area contributed by atoms with Gasteiger partial charge in [-0.05, 0) is 24.0 Å². The van der Waals surface area contributed by atoms with E-state index >= 15 is 0 Å². The highest BCUT2D eigenvalue weighted by atomic mass is 15.0. The molecule has 1 aromatic rings. The van der Waals surface area contributed by atoms with Crippen LogP contribution in [-0.2, 0) is 5.41 Å². The van der Waals surface area contributed by atoms with Crippen molar-refractivity contribution in [3.63, 3.8) is 0 Å². The van der Waals surface area contributed by atoms with Crippen molar-refractivity contribution in [2.24, 2.45) is 11.3 Å². The molecule has 2 rings (SSSR count). The predicted molar refractivity (Wildman–Crippen MR) is 84.6 cm³/mol. The van der Waals surface area contributed by atoms with Gasteiger partial charge in [0.05, 0.1) is 0 Å². The molecule has 1 aliphatic rings. The van der Waals surface area contributed by atoms with Gasteiger partial charge in [-0.2, -0.15) is 0 Å². The number of anilines is 1. The second-order valence-electron chi connectivity index (χ2n) is 7.58. The van der Waals surface area contributed by atoms with Gasteiger partial charge in [-0.15, -0.1) is 0 Å². The highest BCUT2D eigenvalue weighted by molar-refractivity contribution is 5.62. The van der Waals surface area contributed by atoms with Crippen molar-refractivity contribution in [2.75, 3.05) is 5.32 Å². The van der Waals surface area contributed by atoms with Crippen molar-refractivity contribution in [1.29, 1.82) is 0 Å². The Bertz CT molecular complexity index is 491. The molecule has 0 fully saturated rings. The zero-order chi connectivity index (χ0) is 14.4. The number of hydrogen-bond acceptors (Lipinski definition) is 1. The average molecular weight is 257 g/mol. The maximum absolute atomic E-state index is 4.25. The molecule has 1 heterocycles. The van der Waals surface area contributed by atoms with E-state index in [1.54, 1.807) is 0 Å². The number of nitrogens with one attached hydrogen (secondary N) is 1. The van der Waals surface area contributed by atoms with E-state index in [1.807, 2.05) is 0 Å². The minimum Gasteiger partial charge on any atom is -0.381 e. The fraction of sp³-hybridized carbons (Fsp3) is 0.556. The SMILES string of the molecule is C=C(C)C(C1Nc2ccccc2C1(C)C)C(C)(C)C. The van der Waals surface area contributed by atoms with Crippen LogP contribution in [0.4, 0.5) is 5.69 Å². The first-order valence-electron chi connectivity index (χ1n) is 7.17. The summed E-state index contributed by atoms with van der Waals surface area (Å²) in [5, 5.41) is 3.75. The summed E-state index contributed by atoms with van der Waals surface area (Å²) in [7, 11) is 0. The molecule has 2 unspecified atom stereocenters. The third-order valence-electron chi connectivity index (χ3n) is 4.51. The van der Waals surface area contributed by atoms with Crippen LogP contribution in [0.1, 0.15) is 47.1 Å². The van der Waals surface area contributed by atoms with Gasteiger partial charge in [0.15, 0.2) is 0 Å². The summed E-state index contributed by atoms with van der Waals surface area (Å²) in [6, 6.07) is 9.09. The third-order valence-corrected chi connectivity index (χ3v) is 4.51. The standard InChI is InChI=1S/C18H27N/c1-12(2)15(17(3,4)5)16-18(6,7)13-10-8-9-11-14(13)19-16/h8-11,15-16,19H,1H2,2-7H3. The lowest BCUT2D eigenvalue weighted by atomic mass is 9.65. The van der Waals surface area contributed by atoms with Gasteiger partial charge in [0.25, 0.3) is 0 Å².